The second-order valence-corrected chi connectivity index (χ2v) is 4.06. The molecule has 1 aromatic carbocycles. The van der Waals surface area contributed by atoms with Gasteiger partial charge in [-0.1, -0.05) is 23.8 Å². The lowest BCUT2D eigenvalue weighted by atomic mass is 10.0. The number of hydrogen-bond acceptors (Lipinski definition) is 3. The zero-order valence-corrected chi connectivity index (χ0v) is 9.68. The number of aromatic nitrogens is 1. The Balaban J connectivity index is 2.17. The first-order valence-corrected chi connectivity index (χ1v) is 5.45. The number of hydrogen-bond donors (Lipinski definition) is 1. The Bertz CT molecular complexity index is 549. The van der Waals surface area contributed by atoms with Gasteiger partial charge in [0, 0.05) is 18.2 Å². The third-order valence-electron chi connectivity index (χ3n) is 2.55. The monoisotopic (exact) mass is 226 g/mol. The molecule has 0 amide bonds. The molecule has 3 nitrogen and oxygen atoms in total. The van der Waals surface area contributed by atoms with Gasteiger partial charge < -0.3 is 5.73 Å². The van der Waals surface area contributed by atoms with Gasteiger partial charge in [-0.25, -0.2) is 4.98 Å². The number of nitrogens with zero attached hydrogens (tertiary/aromatic N) is 1. The van der Waals surface area contributed by atoms with Crippen molar-refractivity contribution in [1.29, 1.82) is 0 Å². The predicted octanol–water partition coefficient (Wildman–Crippen LogP) is 2.40. The van der Waals surface area contributed by atoms with Gasteiger partial charge in [-0.15, -0.1) is 0 Å². The van der Waals surface area contributed by atoms with Gasteiger partial charge in [0.2, 0.25) is 0 Å². The first kappa shape index (κ1) is 11.3. The summed E-state index contributed by atoms with van der Waals surface area (Å²) < 4.78 is 0. The van der Waals surface area contributed by atoms with E-state index in [1.807, 2.05) is 37.3 Å². The summed E-state index contributed by atoms with van der Waals surface area (Å²) in [5, 5.41) is 0. The number of nitrogen functional groups attached to an aromatic ring is 1. The van der Waals surface area contributed by atoms with Crippen LogP contribution in [0, 0.1) is 6.92 Å². The molecule has 0 fully saturated rings. The van der Waals surface area contributed by atoms with Gasteiger partial charge in [0.25, 0.3) is 0 Å². The number of aryl methyl sites for hydroxylation is 1. The van der Waals surface area contributed by atoms with Crippen LogP contribution in [0.2, 0.25) is 0 Å². The van der Waals surface area contributed by atoms with Crippen LogP contribution in [0.5, 0.6) is 0 Å². The van der Waals surface area contributed by atoms with Gasteiger partial charge in [0.1, 0.15) is 5.82 Å². The Labute approximate surface area is 100 Å². The van der Waals surface area contributed by atoms with E-state index in [4.69, 9.17) is 5.73 Å². The normalized spacial score (nSPS) is 10.2. The van der Waals surface area contributed by atoms with Gasteiger partial charge >= 0.3 is 0 Å². The Morgan fingerprint density at radius 2 is 2.12 bits per heavy atom. The summed E-state index contributed by atoms with van der Waals surface area (Å²) in [5.74, 6) is 0.541. The fourth-order valence-corrected chi connectivity index (χ4v) is 1.71. The fraction of sp³-hybridized carbons (Fsp3) is 0.143. The van der Waals surface area contributed by atoms with Crippen LogP contribution >= 0.6 is 0 Å². The predicted molar refractivity (Wildman–Crippen MR) is 67.9 cm³/mol. The molecule has 1 heterocycles. The number of carbonyl (C=O) groups excluding carboxylic acids is 1. The van der Waals surface area contributed by atoms with E-state index in [0.29, 0.717) is 12.2 Å². The van der Waals surface area contributed by atoms with Crippen LogP contribution in [-0.4, -0.2) is 10.8 Å². The minimum absolute atomic E-state index is 0.0966. The quantitative estimate of drug-likeness (QED) is 0.817. The van der Waals surface area contributed by atoms with Crippen molar-refractivity contribution in [2.75, 3.05) is 5.73 Å². The van der Waals surface area contributed by atoms with Crippen LogP contribution in [0.3, 0.4) is 0 Å². The summed E-state index contributed by atoms with van der Waals surface area (Å²) in [6.07, 6.45) is 1.98. The van der Waals surface area contributed by atoms with Crippen molar-refractivity contribution >= 4 is 11.6 Å². The second kappa shape index (κ2) is 4.78. The Kier molecular flexibility index (Phi) is 3.19. The van der Waals surface area contributed by atoms with E-state index in [-0.39, 0.29) is 5.78 Å². The van der Waals surface area contributed by atoms with E-state index in [1.54, 1.807) is 12.3 Å². The van der Waals surface area contributed by atoms with E-state index in [1.165, 1.54) is 0 Å². The number of ketones is 1. The van der Waals surface area contributed by atoms with Gasteiger partial charge in [-0.05, 0) is 30.7 Å². The second-order valence-electron chi connectivity index (χ2n) is 4.06. The first-order chi connectivity index (χ1) is 8.15. The molecular weight excluding hydrogens is 212 g/mol. The smallest absolute Gasteiger partial charge is 0.167 e. The van der Waals surface area contributed by atoms with Gasteiger partial charge in [0.15, 0.2) is 5.78 Å². The van der Waals surface area contributed by atoms with Gasteiger partial charge in [0.05, 0.1) is 0 Å². The molecule has 3 heteroatoms. The van der Waals surface area contributed by atoms with Gasteiger partial charge in [-0.3, -0.25) is 4.79 Å². The van der Waals surface area contributed by atoms with Crippen LogP contribution < -0.4 is 5.73 Å². The maximum atomic E-state index is 12.0. The largest absolute Gasteiger partial charge is 0.384 e. The molecule has 2 rings (SSSR count). The summed E-state index contributed by atoms with van der Waals surface area (Å²) in [7, 11) is 0. The van der Waals surface area contributed by atoms with Crippen LogP contribution in [-0.2, 0) is 6.42 Å². The van der Waals surface area contributed by atoms with Crippen LogP contribution in [0.4, 0.5) is 5.82 Å². The van der Waals surface area contributed by atoms with E-state index < -0.39 is 0 Å². The zero-order chi connectivity index (χ0) is 12.3. The molecule has 0 atom stereocenters. The van der Waals surface area contributed by atoms with E-state index >= 15 is 0 Å². The molecule has 17 heavy (non-hydrogen) atoms. The highest BCUT2D eigenvalue weighted by atomic mass is 16.1. The molecule has 0 spiro atoms. The molecule has 0 aliphatic rings. The first-order valence-electron chi connectivity index (χ1n) is 5.45. The van der Waals surface area contributed by atoms with Crippen molar-refractivity contribution in [2.45, 2.75) is 13.3 Å². The Morgan fingerprint density at radius 3 is 2.82 bits per heavy atom. The van der Waals surface area contributed by atoms with E-state index in [2.05, 4.69) is 4.98 Å². The summed E-state index contributed by atoms with van der Waals surface area (Å²) in [4.78, 5) is 15.9. The standard InChI is InChI=1S/C14H14N2O/c1-10-3-2-4-12(7-10)13(17)8-11-5-6-16-14(15)9-11/h2-7,9H,8H2,1H3,(H2,15,16). The minimum atomic E-state index is 0.0966. The lowest BCUT2D eigenvalue weighted by Crippen LogP contribution is -2.04. The highest BCUT2D eigenvalue weighted by Crippen LogP contribution is 2.10. The Hall–Kier alpha value is -2.16. The number of carbonyl (C=O) groups is 1. The molecule has 0 aliphatic carbocycles. The fourth-order valence-electron chi connectivity index (χ4n) is 1.71. The van der Waals surface area contributed by atoms with Crippen LogP contribution in [0.25, 0.3) is 0 Å². The molecule has 0 unspecified atom stereocenters. The van der Waals surface area contributed by atoms with Crippen molar-refractivity contribution in [2.24, 2.45) is 0 Å². The van der Waals surface area contributed by atoms with Crippen molar-refractivity contribution in [3.63, 3.8) is 0 Å². The van der Waals surface area contributed by atoms with Crippen molar-refractivity contribution in [1.82, 2.24) is 4.98 Å². The zero-order valence-electron chi connectivity index (χ0n) is 9.68. The van der Waals surface area contributed by atoms with E-state index in [0.717, 1.165) is 16.7 Å². The van der Waals surface area contributed by atoms with Crippen molar-refractivity contribution in [3.8, 4) is 0 Å². The molecule has 0 saturated carbocycles. The third-order valence-corrected chi connectivity index (χ3v) is 2.55. The maximum Gasteiger partial charge on any atom is 0.167 e. The number of pyridine rings is 1. The highest BCUT2D eigenvalue weighted by Gasteiger charge is 2.07. The molecule has 2 N–H and O–H groups in total. The third kappa shape index (κ3) is 2.91. The lowest BCUT2D eigenvalue weighted by molar-refractivity contribution is 0.0993. The molecule has 86 valence electrons. The minimum Gasteiger partial charge on any atom is -0.384 e. The SMILES string of the molecule is Cc1cccc(C(=O)Cc2ccnc(N)c2)c1. The molecule has 2 aromatic rings. The topological polar surface area (TPSA) is 56.0 Å². The number of rotatable bonds is 3. The molecule has 1 aromatic heterocycles. The van der Waals surface area contributed by atoms with E-state index in [9.17, 15) is 4.79 Å². The van der Waals surface area contributed by atoms with Gasteiger partial charge in [-0.2, -0.15) is 0 Å². The lowest BCUT2D eigenvalue weighted by Gasteiger charge is -2.03. The molecule has 0 aliphatic heterocycles. The maximum absolute atomic E-state index is 12.0. The molecule has 0 saturated heterocycles. The summed E-state index contributed by atoms with van der Waals surface area (Å²) >= 11 is 0. The Morgan fingerprint density at radius 1 is 1.29 bits per heavy atom. The molecule has 0 radical (unpaired) electrons. The number of nitrogens with two attached hydrogens (primary N) is 1. The summed E-state index contributed by atoms with van der Waals surface area (Å²) in [6.45, 7) is 1.97. The number of anilines is 1. The van der Waals surface area contributed by atoms with Crippen molar-refractivity contribution in [3.05, 3.63) is 59.3 Å². The van der Waals surface area contributed by atoms with Crippen LogP contribution in [0.1, 0.15) is 21.5 Å². The molecule has 0 bridgehead atoms. The average Bonchev–Trinajstić information content (AvgIpc) is 2.29. The number of Topliss-reactive ketones (excluding diaryl/α,β-unsaturated/α-hetero) is 1. The highest BCUT2D eigenvalue weighted by molar-refractivity contribution is 5.97. The van der Waals surface area contributed by atoms with Crippen molar-refractivity contribution < 1.29 is 4.79 Å². The molecular formula is C14H14N2O. The number of benzene rings is 1. The summed E-state index contributed by atoms with van der Waals surface area (Å²) in [5.41, 5.74) is 8.29. The van der Waals surface area contributed by atoms with Crippen LogP contribution in [0.15, 0.2) is 42.6 Å². The average molecular weight is 226 g/mol. The summed E-state index contributed by atoms with van der Waals surface area (Å²) in [6, 6.07) is 11.1.